The number of thioether (sulfide) groups is 1. The number of hydrogen-bond donors (Lipinski definition) is 3. The van der Waals surface area contributed by atoms with Gasteiger partial charge in [0.15, 0.2) is 24.1 Å². The second kappa shape index (κ2) is 11.9. The number of nitrogens with zero attached hydrogens (tertiary/aromatic N) is 5. The Balaban J connectivity index is 1.47. The fourth-order valence-electron chi connectivity index (χ4n) is 3.70. The fourth-order valence-corrected chi connectivity index (χ4v) is 5.45. The zero-order valence-corrected chi connectivity index (χ0v) is 21.8. The molecule has 2 aromatic heterocycles. The molecule has 0 radical (unpaired) electrons. The number of carbonyl (C=O) groups excluding carboxylic acids is 4. The van der Waals surface area contributed by atoms with E-state index in [9.17, 15) is 24.3 Å². The van der Waals surface area contributed by atoms with E-state index in [0.717, 1.165) is 16.4 Å². The summed E-state index contributed by atoms with van der Waals surface area (Å²) in [4.78, 5) is 59.2. The highest BCUT2D eigenvalue weighted by molar-refractivity contribution is 8.00. The minimum atomic E-state index is -1.52. The quantitative estimate of drug-likeness (QED) is 0.0680. The van der Waals surface area contributed by atoms with E-state index in [2.05, 4.69) is 26.4 Å². The number of anilines is 1. The Kier molecular flexibility index (Phi) is 8.36. The molecule has 5 N–H and O–H groups in total. The van der Waals surface area contributed by atoms with Crippen molar-refractivity contribution in [1.82, 2.24) is 19.6 Å². The van der Waals surface area contributed by atoms with Crippen LogP contribution in [0, 0.1) is 0 Å². The Morgan fingerprint density at radius 1 is 1.36 bits per heavy atom. The number of pyridine rings is 1. The molecule has 2 aromatic rings. The van der Waals surface area contributed by atoms with E-state index >= 15 is 0 Å². The van der Waals surface area contributed by atoms with Crippen molar-refractivity contribution in [3.63, 3.8) is 0 Å². The molecular formula is C23H22N8O6S2. The number of allylic oxidation sites excluding steroid dienone is 2. The maximum atomic E-state index is 13.0. The summed E-state index contributed by atoms with van der Waals surface area (Å²) in [5, 5.41) is 17.7. The number of carboxylic acids is 1. The lowest BCUT2D eigenvalue weighted by molar-refractivity contribution is -0.687. The molecule has 2 aliphatic heterocycles. The van der Waals surface area contributed by atoms with Crippen LogP contribution in [0.4, 0.5) is 5.13 Å². The first-order chi connectivity index (χ1) is 18.7. The van der Waals surface area contributed by atoms with Crippen LogP contribution in [0.1, 0.15) is 16.2 Å². The van der Waals surface area contributed by atoms with E-state index in [0.29, 0.717) is 17.7 Å². The van der Waals surface area contributed by atoms with Gasteiger partial charge >= 0.3 is 0 Å². The molecule has 1 unspecified atom stereocenters. The van der Waals surface area contributed by atoms with Crippen LogP contribution in [0.25, 0.3) is 0 Å². The number of carbonyl (C=O) groups is 4. The first-order valence-electron chi connectivity index (χ1n) is 11.3. The van der Waals surface area contributed by atoms with Gasteiger partial charge in [-0.05, 0) is 11.6 Å². The van der Waals surface area contributed by atoms with Gasteiger partial charge in [0.05, 0.1) is 17.2 Å². The number of carboxylic acid groups (broad SMARTS) is 1. The van der Waals surface area contributed by atoms with Gasteiger partial charge in [0.1, 0.15) is 18.0 Å². The van der Waals surface area contributed by atoms with Crippen molar-refractivity contribution in [2.45, 2.75) is 18.0 Å². The van der Waals surface area contributed by atoms with Gasteiger partial charge in [0.2, 0.25) is 17.4 Å². The first kappa shape index (κ1) is 27.5. The van der Waals surface area contributed by atoms with Crippen LogP contribution in [-0.4, -0.2) is 67.4 Å². The van der Waals surface area contributed by atoms with Crippen molar-refractivity contribution in [2.24, 2.45) is 10.9 Å². The standard InChI is InChI=1S/C23H22N8O6S2/c1-2-10-37-28-14(18-27-23(25)39-29-18)19(33)26-15-20(34)31-16(22(35)36)13(11-38-21(15)31)4-3-7-30-8-5-12(6-9-30)17(24)32/h2-6,8-9,15,21H,1,7,10-11H2,(H5-,24,25,26,27,29,32,33,35,36)/b4-3+,28-14-/t15?,21-/m1/s1. The summed E-state index contributed by atoms with van der Waals surface area (Å²) in [5.74, 6) is -3.31. The monoisotopic (exact) mass is 570 g/mol. The van der Waals surface area contributed by atoms with Gasteiger partial charge in [-0.2, -0.15) is 9.36 Å². The Labute approximate surface area is 229 Å². The van der Waals surface area contributed by atoms with Crippen LogP contribution < -0.4 is 26.5 Å². The van der Waals surface area contributed by atoms with Crippen molar-refractivity contribution in [3.05, 3.63) is 72.0 Å². The van der Waals surface area contributed by atoms with Gasteiger partial charge in [0, 0.05) is 29.4 Å². The normalized spacial score (nSPS) is 18.9. The summed E-state index contributed by atoms with van der Waals surface area (Å²) in [5.41, 5.74) is 11.0. The van der Waals surface area contributed by atoms with Gasteiger partial charge in [-0.15, -0.1) is 11.8 Å². The van der Waals surface area contributed by atoms with Gasteiger partial charge in [-0.25, -0.2) is 4.57 Å². The van der Waals surface area contributed by atoms with E-state index in [4.69, 9.17) is 16.3 Å². The fraction of sp³-hybridized carbons (Fsp3) is 0.217. The highest BCUT2D eigenvalue weighted by atomic mass is 32.2. The smallest absolute Gasteiger partial charge is 0.278 e. The molecule has 14 nitrogen and oxygen atoms in total. The molecule has 0 bridgehead atoms. The van der Waals surface area contributed by atoms with E-state index in [1.54, 1.807) is 41.2 Å². The average Bonchev–Trinajstić information content (AvgIpc) is 3.35. The SMILES string of the molecule is C=CCO/N=C(\C(=O)NC1C(=O)N2C(C(=O)[O-])=C(/C=C/C[n+]3ccc(C(N)=O)cc3)CS[C@H]12)c1nsc(N)n1. The Morgan fingerprint density at radius 2 is 2.10 bits per heavy atom. The van der Waals surface area contributed by atoms with Crippen LogP contribution >= 0.6 is 23.3 Å². The Hall–Kier alpha value is -4.57. The lowest BCUT2D eigenvalue weighted by Crippen LogP contribution is -2.71. The second-order valence-corrected chi connectivity index (χ2v) is 9.94. The number of hydrogen-bond acceptors (Lipinski definition) is 12. The minimum Gasteiger partial charge on any atom is -0.543 e. The molecule has 39 heavy (non-hydrogen) atoms. The third-order valence-electron chi connectivity index (χ3n) is 5.51. The van der Waals surface area contributed by atoms with Crippen LogP contribution in [0.3, 0.4) is 0 Å². The van der Waals surface area contributed by atoms with Crippen molar-refractivity contribution < 1.29 is 33.7 Å². The van der Waals surface area contributed by atoms with Gasteiger partial charge < -0.3 is 31.5 Å². The highest BCUT2D eigenvalue weighted by Crippen LogP contribution is 2.40. The number of rotatable bonds is 11. The molecule has 2 aliphatic rings. The summed E-state index contributed by atoms with van der Waals surface area (Å²) < 4.78 is 5.71. The zero-order valence-electron chi connectivity index (χ0n) is 20.2. The number of aliphatic carboxylic acids is 1. The molecule has 3 amide bonds. The van der Waals surface area contributed by atoms with E-state index in [1.807, 2.05) is 0 Å². The van der Waals surface area contributed by atoms with Crippen LogP contribution in [0.2, 0.25) is 0 Å². The van der Waals surface area contributed by atoms with Gasteiger partial charge in [-0.3, -0.25) is 19.3 Å². The van der Waals surface area contributed by atoms with Crippen LogP contribution in [-0.2, 0) is 25.8 Å². The number of nitrogens with two attached hydrogens (primary N) is 2. The van der Waals surface area contributed by atoms with E-state index in [-0.39, 0.29) is 34.7 Å². The predicted octanol–water partition coefficient (Wildman–Crippen LogP) is -1.93. The molecule has 1 fully saturated rings. The summed E-state index contributed by atoms with van der Waals surface area (Å²) in [6.45, 7) is 3.88. The number of amides is 3. The molecule has 2 atom stereocenters. The molecule has 0 saturated carbocycles. The first-order valence-corrected chi connectivity index (χ1v) is 13.1. The number of nitrogens with one attached hydrogen (secondary N) is 1. The maximum absolute atomic E-state index is 13.0. The average molecular weight is 571 g/mol. The highest BCUT2D eigenvalue weighted by Gasteiger charge is 2.53. The van der Waals surface area contributed by atoms with Gasteiger partial charge in [0.25, 0.3) is 11.8 Å². The van der Waals surface area contributed by atoms with Crippen molar-refractivity contribution in [2.75, 3.05) is 18.1 Å². The molecule has 202 valence electrons. The molecule has 0 spiro atoms. The number of primary amides is 1. The molecule has 0 aromatic carbocycles. The Morgan fingerprint density at radius 3 is 2.72 bits per heavy atom. The Bertz CT molecular complexity index is 1420. The maximum Gasteiger partial charge on any atom is 0.278 e. The number of β-lactam (4-membered cyclic amide) rings is 1. The van der Waals surface area contributed by atoms with Crippen molar-refractivity contribution in [3.8, 4) is 0 Å². The van der Waals surface area contributed by atoms with Gasteiger partial charge in [-0.1, -0.05) is 23.9 Å². The molecule has 4 rings (SSSR count). The molecule has 1 saturated heterocycles. The molecule has 4 heterocycles. The summed E-state index contributed by atoms with van der Waals surface area (Å²) in [6, 6.07) is 2.11. The summed E-state index contributed by atoms with van der Waals surface area (Å²) >= 11 is 2.13. The largest absolute Gasteiger partial charge is 0.543 e. The topological polar surface area (TPSA) is 210 Å². The van der Waals surface area contributed by atoms with E-state index in [1.165, 1.54) is 17.8 Å². The van der Waals surface area contributed by atoms with Crippen molar-refractivity contribution in [1.29, 1.82) is 0 Å². The lowest BCUT2D eigenvalue weighted by atomic mass is 10.0. The predicted molar refractivity (Wildman–Crippen MR) is 138 cm³/mol. The lowest BCUT2D eigenvalue weighted by Gasteiger charge is -2.50. The van der Waals surface area contributed by atoms with Crippen molar-refractivity contribution >= 4 is 57.8 Å². The zero-order chi connectivity index (χ0) is 28.1. The minimum absolute atomic E-state index is 0.0122. The summed E-state index contributed by atoms with van der Waals surface area (Å²) in [7, 11) is 0. The number of aromatic nitrogens is 3. The van der Waals surface area contributed by atoms with Crippen LogP contribution in [0.15, 0.2) is 65.8 Å². The number of nitrogen functional groups attached to an aromatic ring is 1. The molecule has 16 heteroatoms. The van der Waals surface area contributed by atoms with E-state index < -0.39 is 35.1 Å². The molecule has 0 aliphatic carbocycles. The molecular weight excluding hydrogens is 548 g/mol. The third-order valence-corrected chi connectivity index (χ3v) is 7.35. The third kappa shape index (κ3) is 5.96. The number of fused-ring (bicyclic) bond motifs is 1. The summed E-state index contributed by atoms with van der Waals surface area (Å²) in [6.07, 6.45) is 8.05. The second-order valence-electron chi connectivity index (χ2n) is 8.05. The van der Waals surface area contributed by atoms with Crippen LogP contribution in [0.5, 0.6) is 0 Å². The number of oxime groups is 1.